The van der Waals surface area contributed by atoms with Crippen LogP contribution in [0.2, 0.25) is 0 Å². The van der Waals surface area contributed by atoms with Crippen molar-refractivity contribution in [2.45, 2.75) is 63.9 Å². The van der Waals surface area contributed by atoms with Crippen LogP contribution in [0.5, 0.6) is 0 Å². The quantitative estimate of drug-likeness (QED) is 0.326. The van der Waals surface area contributed by atoms with Crippen LogP contribution in [0.3, 0.4) is 0 Å². The van der Waals surface area contributed by atoms with Gasteiger partial charge in [0.2, 0.25) is 0 Å². The average molecular weight is 351 g/mol. The van der Waals surface area contributed by atoms with Crippen molar-refractivity contribution in [3.8, 4) is 0 Å². The third kappa shape index (κ3) is 8.25. The molecule has 0 fully saturated rings. The maximum Gasteiger partial charge on any atom is 0.409 e. The van der Waals surface area contributed by atoms with Crippen molar-refractivity contribution in [2.75, 3.05) is 26.8 Å². The van der Waals surface area contributed by atoms with E-state index in [0.717, 1.165) is 30.6 Å². The molecule has 0 heterocycles. The molecule has 5 atom stereocenters. The van der Waals surface area contributed by atoms with E-state index < -0.39 is 37.1 Å². The Morgan fingerprint density at radius 3 is 2.17 bits per heavy atom. The lowest BCUT2D eigenvalue weighted by atomic mass is 10.0. The summed E-state index contributed by atoms with van der Waals surface area (Å²) < 4.78 is 5.21. The number of likely N-dealkylation sites (N-methyl/N-ethyl adjacent to an activating group) is 1. The molecule has 5 N–H and O–H groups in total. The van der Waals surface area contributed by atoms with Crippen molar-refractivity contribution in [3.63, 3.8) is 0 Å². The highest BCUT2D eigenvalue weighted by atomic mass is 16.6. The van der Waals surface area contributed by atoms with Gasteiger partial charge < -0.3 is 35.2 Å². The second-order valence-electron chi connectivity index (χ2n) is 6.17. The molecule has 0 aromatic carbocycles. The fourth-order valence-electron chi connectivity index (χ4n) is 2.22. The summed E-state index contributed by atoms with van der Waals surface area (Å²) in [7, 11) is 1.40. The molecular weight excluding hydrogens is 318 g/mol. The molecule has 0 saturated carbocycles. The number of aliphatic hydroxyl groups is 5. The molecular formula is C16H33NO7. The van der Waals surface area contributed by atoms with Crippen molar-refractivity contribution in [2.24, 2.45) is 5.92 Å². The lowest BCUT2D eigenvalue weighted by Crippen LogP contribution is -2.50. The summed E-state index contributed by atoms with van der Waals surface area (Å²) >= 11 is 0. The molecule has 5 unspecified atom stereocenters. The number of carbonyl (C=O) groups is 1. The molecule has 144 valence electrons. The predicted molar refractivity (Wildman–Crippen MR) is 88.4 cm³/mol. The van der Waals surface area contributed by atoms with E-state index in [1.54, 1.807) is 0 Å². The van der Waals surface area contributed by atoms with Crippen LogP contribution < -0.4 is 0 Å². The molecule has 0 spiro atoms. The molecule has 0 aliphatic carbocycles. The van der Waals surface area contributed by atoms with Gasteiger partial charge in [-0.05, 0) is 12.3 Å². The summed E-state index contributed by atoms with van der Waals surface area (Å²) in [5.41, 5.74) is 0. The Bertz CT molecular complexity index is 342. The first kappa shape index (κ1) is 23.1. The van der Waals surface area contributed by atoms with E-state index in [-0.39, 0.29) is 6.54 Å². The van der Waals surface area contributed by atoms with Crippen LogP contribution >= 0.6 is 0 Å². The molecule has 0 aromatic heterocycles. The lowest BCUT2D eigenvalue weighted by molar-refractivity contribution is -0.117. The Morgan fingerprint density at radius 1 is 1.08 bits per heavy atom. The molecule has 8 nitrogen and oxygen atoms in total. The topological polar surface area (TPSA) is 131 Å². The van der Waals surface area contributed by atoms with Gasteiger partial charge in [-0.3, -0.25) is 0 Å². The number of hydrogen-bond acceptors (Lipinski definition) is 7. The van der Waals surface area contributed by atoms with Crippen molar-refractivity contribution in [1.29, 1.82) is 0 Å². The zero-order valence-corrected chi connectivity index (χ0v) is 14.8. The summed E-state index contributed by atoms with van der Waals surface area (Å²) in [4.78, 5) is 13.0. The maximum absolute atomic E-state index is 11.9. The Morgan fingerprint density at radius 2 is 1.67 bits per heavy atom. The summed E-state index contributed by atoms with van der Waals surface area (Å²) in [5, 5.41) is 47.1. The van der Waals surface area contributed by atoms with Crippen molar-refractivity contribution in [1.82, 2.24) is 4.90 Å². The number of unbranched alkanes of at least 4 members (excludes halogenated alkanes) is 1. The third-order valence-electron chi connectivity index (χ3n) is 4.08. The number of ether oxygens (including phenoxy) is 1. The van der Waals surface area contributed by atoms with Crippen LogP contribution in [-0.2, 0) is 4.74 Å². The monoisotopic (exact) mass is 351 g/mol. The Hall–Kier alpha value is -0.930. The van der Waals surface area contributed by atoms with Gasteiger partial charge in [-0.15, -0.1) is 0 Å². The van der Waals surface area contributed by atoms with Gasteiger partial charge in [-0.2, -0.15) is 0 Å². The first-order valence-electron chi connectivity index (χ1n) is 8.49. The zero-order valence-electron chi connectivity index (χ0n) is 14.8. The molecule has 0 aromatic rings. The highest BCUT2D eigenvalue weighted by Crippen LogP contribution is 2.13. The molecule has 8 heteroatoms. The van der Waals surface area contributed by atoms with E-state index in [1.165, 1.54) is 7.05 Å². The van der Waals surface area contributed by atoms with Crippen LogP contribution in [0, 0.1) is 5.92 Å². The van der Waals surface area contributed by atoms with Crippen LogP contribution in [0.1, 0.15) is 39.5 Å². The number of rotatable bonds is 12. The third-order valence-corrected chi connectivity index (χ3v) is 4.08. The van der Waals surface area contributed by atoms with E-state index in [9.17, 15) is 25.2 Å². The minimum Gasteiger partial charge on any atom is -0.449 e. The van der Waals surface area contributed by atoms with E-state index in [1.807, 2.05) is 6.92 Å². The SMILES string of the molecule is CCCCC(CC)COC(=O)N(C)CC(O)C(O)C(O)C(O)CO. The van der Waals surface area contributed by atoms with Crippen LogP contribution in [0.15, 0.2) is 0 Å². The molecule has 24 heavy (non-hydrogen) atoms. The van der Waals surface area contributed by atoms with Crippen molar-refractivity contribution in [3.05, 3.63) is 0 Å². The number of aliphatic hydroxyl groups excluding tert-OH is 5. The van der Waals surface area contributed by atoms with E-state index in [2.05, 4.69) is 6.92 Å². The average Bonchev–Trinajstić information content (AvgIpc) is 2.59. The minimum absolute atomic E-state index is 0.277. The summed E-state index contributed by atoms with van der Waals surface area (Å²) in [6.45, 7) is 3.40. The van der Waals surface area contributed by atoms with Gasteiger partial charge in [-0.1, -0.05) is 33.1 Å². The van der Waals surface area contributed by atoms with Gasteiger partial charge in [-0.25, -0.2) is 4.79 Å². The largest absolute Gasteiger partial charge is 0.449 e. The van der Waals surface area contributed by atoms with Gasteiger partial charge in [0.25, 0.3) is 0 Å². The molecule has 0 bridgehead atoms. The normalized spacial score (nSPS) is 17.7. The summed E-state index contributed by atoms with van der Waals surface area (Å²) in [6, 6.07) is 0. The van der Waals surface area contributed by atoms with Gasteiger partial charge in [0.15, 0.2) is 0 Å². The Kier molecular flexibility index (Phi) is 12.0. The first-order chi connectivity index (χ1) is 11.3. The highest BCUT2D eigenvalue weighted by Gasteiger charge is 2.31. The van der Waals surface area contributed by atoms with Gasteiger partial charge in [0.1, 0.15) is 24.4 Å². The van der Waals surface area contributed by atoms with E-state index >= 15 is 0 Å². The molecule has 1 amide bonds. The molecule has 0 saturated heterocycles. The summed E-state index contributed by atoms with van der Waals surface area (Å²) in [6.07, 6.45) is -3.06. The molecule has 0 aliphatic rings. The Balaban J connectivity index is 4.33. The number of hydrogen-bond donors (Lipinski definition) is 5. The van der Waals surface area contributed by atoms with Crippen LogP contribution in [-0.4, -0.2) is 87.7 Å². The molecule has 0 radical (unpaired) electrons. The second-order valence-corrected chi connectivity index (χ2v) is 6.17. The van der Waals surface area contributed by atoms with Crippen molar-refractivity contribution >= 4 is 6.09 Å². The maximum atomic E-state index is 11.9. The molecule has 0 aliphatic heterocycles. The van der Waals surface area contributed by atoms with Gasteiger partial charge >= 0.3 is 6.09 Å². The van der Waals surface area contributed by atoms with Crippen LogP contribution in [0.4, 0.5) is 4.79 Å². The standard InChI is InChI=1S/C16H33NO7/c1-4-6-7-11(5-2)10-24-16(23)17(3)8-12(19)14(21)15(22)13(20)9-18/h11-15,18-22H,4-10H2,1-3H3. The summed E-state index contributed by atoms with van der Waals surface area (Å²) in [5.74, 6) is 0.291. The first-order valence-corrected chi connectivity index (χ1v) is 8.49. The second kappa shape index (κ2) is 12.4. The smallest absolute Gasteiger partial charge is 0.409 e. The zero-order chi connectivity index (χ0) is 18.7. The Labute approximate surface area is 143 Å². The number of carbonyl (C=O) groups excluding carboxylic acids is 1. The number of amides is 1. The van der Waals surface area contributed by atoms with Crippen LogP contribution in [0.25, 0.3) is 0 Å². The fraction of sp³-hybridized carbons (Fsp3) is 0.938. The predicted octanol–water partition coefficient (Wildman–Crippen LogP) is -0.293. The van der Waals surface area contributed by atoms with Gasteiger partial charge in [0.05, 0.1) is 19.8 Å². The van der Waals surface area contributed by atoms with E-state index in [4.69, 9.17) is 9.84 Å². The lowest BCUT2D eigenvalue weighted by Gasteiger charge is -2.28. The van der Waals surface area contributed by atoms with Gasteiger partial charge in [0, 0.05) is 7.05 Å². The number of nitrogens with zero attached hydrogens (tertiary/aromatic N) is 1. The van der Waals surface area contributed by atoms with E-state index in [0.29, 0.717) is 12.5 Å². The highest BCUT2D eigenvalue weighted by molar-refractivity contribution is 5.67. The minimum atomic E-state index is -1.71. The fourth-order valence-corrected chi connectivity index (χ4v) is 2.22. The van der Waals surface area contributed by atoms with Crippen molar-refractivity contribution < 1.29 is 35.1 Å². The molecule has 0 rings (SSSR count).